The molecule has 0 radical (unpaired) electrons. The number of nitrogens with zero attached hydrogens (tertiary/aromatic N) is 2. The van der Waals surface area contributed by atoms with Gasteiger partial charge in [0.25, 0.3) is 0 Å². The number of carbonyl (C=O) groups excluding carboxylic acids is 2. The van der Waals surface area contributed by atoms with Crippen LogP contribution in [0.15, 0.2) is 0 Å². The molecule has 1 aliphatic rings. The molecule has 2 amide bonds. The van der Waals surface area contributed by atoms with E-state index < -0.39 is 5.91 Å². The molecule has 0 unspecified atom stereocenters. The third kappa shape index (κ3) is 5.16. The highest BCUT2D eigenvalue weighted by molar-refractivity contribution is 5.78. The predicted octanol–water partition coefficient (Wildman–Crippen LogP) is 0.605. The predicted molar refractivity (Wildman–Crippen MR) is 71.7 cm³/mol. The van der Waals surface area contributed by atoms with Crippen LogP contribution in [0.2, 0.25) is 0 Å². The third-order valence-electron chi connectivity index (χ3n) is 3.50. The van der Waals surface area contributed by atoms with Gasteiger partial charge in [-0.2, -0.15) is 0 Å². The van der Waals surface area contributed by atoms with E-state index in [2.05, 4.69) is 25.7 Å². The lowest BCUT2D eigenvalue weighted by Crippen LogP contribution is -2.54. The van der Waals surface area contributed by atoms with E-state index >= 15 is 0 Å². The van der Waals surface area contributed by atoms with Gasteiger partial charge in [0, 0.05) is 44.6 Å². The summed E-state index contributed by atoms with van der Waals surface area (Å²) in [6.45, 7) is 9.83. The number of piperazine rings is 1. The minimum absolute atomic E-state index is 0.0966. The molecule has 0 atom stereocenters. The van der Waals surface area contributed by atoms with E-state index in [1.807, 2.05) is 4.90 Å². The molecule has 0 saturated carbocycles. The Morgan fingerprint density at radius 2 is 1.68 bits per heavy atom. The van der Waals surface area contributed by atoms with Crippen molar-refractivity contribution < 1.29 is 14.8 Å². The van der Waals surface area contributed by atoms with Gasteiger partial charge in [0.2, 0.25) is 11.8 Å². The molecule has 1 heterocycles. The maximum atomic E-state index is 11.9. The minimum atomic E-state index is -0.439. The Bertz CT molecular complexity index is 318. The van der Waals surface area contributed by atoms with Crippen LogP contribution in [-0.2, 0) is 9.59 Å². The van der Waals surface area contributed by atoms with Crippen LogP contribution in [-0.4, -0.2) is 58.5 Å². The maximum absolute atomic E-state index is 11.9. The van der Waals surface area contributed by atoms with Crippen LogP contribution < -0.4 is 5.48 Å². The lowest BCUT2D eigenvalue weighted by atomic mass is 10.0. The van der Waals surface area contributed by atoms with Crippen LogP contribution in [0.5, 0.6) is 0 Å². The van der Waals surface area contributed by atoms with Crippen LogP contribution >= 0.6 is 0 Å². The molecule has 2 N–H and O–H groups in total. The van der Waals surface area contributed by atoms with E-state index in [0.717, 1.165) is 26.2 Å². The number of carbonyl (C=O) groups is 2. The first-order valence-corrected chi connectivity index (χ1v) is 6.80. The molecule has 0 bridgehead atoms. The normalized spacial score (nSPS) is 17.4. The van der Waals surface area contributed by atoms with Crippen LogP contribution in [0.4, 0.5) is 0 Å². The highest BCUT2D eigenvalue weighted by Gasteiger charge is 2.27. The van der Waals surface area contributed by atoms with Crippen molar-refractivity contribution >= 4 is 11.8 Å². The lowest BCUT2D eigenvalue weighted by molar-refractivity contribution is -0.134. The summed E-state index contributed by atoms with van der Waals surface area (Å²) in [5, 5.41) is 8.35. The number of hydrogen-bond donors (Lipinski definition) is 2. The van der Waals surface area contributed by atoms with Gasteiger partial charge in [-0.3, -0.25) is 19.7 Å². The number of hydrogen-bond acceptors (Lipinski definition) is 4. The second-order valence-corrected chi connectivity index (χ2v) is 5.93. The van der Waals surface area contributed by atoms with Crippen LogP contribution in [0.25, 0.3) is 0 Å². The summed E-state index contributed by atoms with van der Waals surface area (Å²) < 4.78 is 0. The first kappa shape index (κ1) is 15.9. The fourth-order valence-corrected chi connectivity index (χ4v) is 2.24. The Kier molecular flexibility index (Phi) is 5.75. The molecule has 0 aromatic rings. The molecular formula is C13H25N3O3. The summed E-state index contributed by atoms with van der Waals surface area (Å²) in [4.78, 5) is 27.0. The monoisotopic (exact) mass is 271 g/mol. The van der Waals surface area contributed by atoms with E-state index in [-0.39, 0.29) is 17.9 Å². The van der Waals surface area contributed by atoms with Crippen molar-refractivity contribution in [3.63, 3.8) is 0 Å². The fraction of sp³-hybridized carbons (Fsp3) is 0.846. The Balaban J connectivity index is 2.27. The standard InChI is InChI=1S/C13H25N3O3/c1-13(2,3)16-9-7-15(8-10-16)12(18)6-4-5-11(17)14-19/h19H,4-10H2,1-3H3,(H,14,17). The highest BCUT2D eigenvalue weighted by atomic mass is 16.5. The molecule has 0 aliphatic carbocycles. The van der Waals surface area contributed by atoms with Crippen LogP contribution in [0, 0.1) is 0 Å². The molecule has 110 valence electrons. The average Bonchev–Trinajstić information content (AvgIpc) is 2.37. The smallest absolute Gasteiger partial charge is 0.243 e. The van der Waals surface area contributed by atoms with Gasteiger partial charge in [-0.1, -0.05) is 0 Å². The molecule has 1 saturated heterocycles. The van der Waals surface area contributed by atoms with Crippen molar-refractivity contribution in [2.75, 3.05) is 26.2 Å². The summed E-state index contributed by atoms with van der Waals surface area (Å²) >= 11 is 0. The van der Waals surface area contributed by atoms with Gasteiger partial charge in [-0.25, -0.2) is 5.48 Å². The molecule has 0 aromatic heterocycles. The van der Waals surface area contributed by atoms with Gasteiger partial charge in [-0.05, 0) is 27.2 Å². The number of rotatable bonds is 4. The summed E-state index contributed by atoms with van der Waals surface area (Å²) in [7, 11) is 0. The maximum Gasteiger partial charge on any atom is 0.243 e. The van der Waals surface area contributed by atoms with Crippen molar-refractivity contribution in [2.24, 2.45) is 0 Å². The van der Waals surface area contributed by atoms with Crippen LogP contribution in [0.1, 0.15) is 40.0 Å². The molecule has 0 aromatic carbocycles. The van der Waals surface area contributed by atoms with E-state index in [1.54, 1.807) is 5.48 Å². The van der Waals surface area contributed by atoms with E-state index in [4.69, 9.17) is 5.21 Å². The number of hydroxylamine groups is 1. The highest BCUT2D eigenvalue weighted by Crippen LogP contribution is 2.16. The van der Waals surface area contributed by atoms with E-state index in [9.17, 15) is 9.59 Å². The van der Waals surface area contributed by atoms with Gasteiger partial charge in [0.05, 0.1) is 0 Å². The lowest BCUT2D eigenvalue weighted by Gasteiger charge is -2.42. The largest absolute Gasteiger partial charge is 0.340 e. The number of nitrogens with one attached hydrogen (secondary N) is 1. The second kappa shape index (κ2) is 6.86. The topological polar surface area (TPSA) is 72.9 Å². The zero-order valence-electron chi connectivity index (χ0n) is 12.1. The second-order valence-electron chi connectivity index (χ2n) is 5.93. The zero-order chi connectivity index (χ0) is 14.5. The summed E-state index contributed by atoms with van der Waals surface area (Å²) in [5.41, 5.74) is 1.72. The SMILES string of the molecule is CC(C)(C)N1CCN(C(=O)CCCC(=O)NO)CC1. The first-order chi connectivity index (χ1) is 8.84. The Morgan fingerprint density at radius 3 is 2.16 bits per heavy atom. The van der Waals surface area contributed by atoms with Gasteiger partial charge in [0.1, 0.15) is 0 Å². The van der Waals surface area contributed by atoms with Gasteiger partial charge in [-0.15, -0.1) is 0 Å². The molecule has 1 rings (SSSR count). The van der Waals surface area contributed by atoms with Gasteiger partial charge >= 0.3 is 0 Å². The Hall–Kier alpha value is -1.14. The fourth-order valence-electron chi connectivity index (χ4n) is 2.24. The first-order valence-electron chi connectivity index (χ1n) is 6.80. The molecule has 1 aliphatic heterocycles. The number of amides is 2. The molecule has 6 heteroatoms. The molecule has 19 heavy (non-hydrogen) atoms. The van der Waals surface area contributed by atoms with Crippen LogP contribution in [0.3, 0.4) is 0 Å². The summed E-state index contributed by atoms with van der Waals surface area (Å²) in [6, 6.07) is 0. The minimum Gasteiger partial charge on any atom is -0.340 e. The molecule has 0 spiro atoms. The van der Waals surface area contributed by atoms with Crippen molar-refractivity contribution in [2.45, 2.75) is 45.6 Å². The van der Waals surface area contributed by atoms with E-state index in [1.165, 1.54) is 0 Å². The van der Waals surface area contributed by atoms with E-state index in [0.29, 0.717) is 12.8 Å². The Labute approximate surface area is 114 Å². The molecule has 6 nitrogen and oxygen atoms in total. The van der Waals surface area contributed by atoms with Gasteiger partial charge in [0.15, 0.2) is 0 Å². The quantitative estimate of drug-likeness (QED) is 0.580. The van der Waals surface area contributed by atoms with Crippen molar-refractivity contribution in [3.05, 3.63) is 0 Å². The van der Waals surface area contributed by atoms with Gasteiger partial charge < -0.3 is 4.90 Å². The average molecular weight is 271 g/mol. The van der Waals surface area contributed by atoms with Crippen molar-refractivity contribution in [3.8, 4) is 0 Å². The van der Waals surface area contributed by atoms with Crippen molar-refractivity contribution in [1.82, 2.24) is 15.3 Å². The molecule has 1 fully saturated rings. The van der Waals surface area contributed by atoms with Crippen molar-refractivity contribution in [1.29, 1.82) is 0 Å². The third-order valence-corrected chi connectivity index (χ3v) is 3.50. The Morgan fingerprint density at radius 1 is 1.11 bits per heavy atom. The molecular weight excluding hydrogens is 246 g/mol. The zero-order valence-corrected chi connectivity index (χ0v) is 12.1. The summed E-state index contributed by atoms with van der Waals surface area (Å²) in [6.07, 6.45) is 1.03. The summed E-state index contributed by atoms with van der Waals surface area (Å²) in [5.74, 6) is -0.343.